The molecule has 236 valence electrons. The third-order valence-electron chi connectivity index (χ3n) is 14.4. The van der Waals surface area contributed by atoms with E-state index < -0.39 is 11.2 Å². The molecule has 0 N–H and O–H groups in total. The molecule has 1 heterocycles. The monoisotopic (exact) mass is 584 g/mol. The number of carbonyl (C=O) groups excluding carboxylic acids is 2. The zero-order valence-electron chi connectivity index (χ0n) is 28.0. The molecule has 1 aliphatic heterocycles. The summed E-state index contributed by atoms with van der Waals surface area (Å²) in [5.41, 5.74) is 1.16. The Bertz CT molecular complexity index is 1190. The summed E-state index contributed by atoms with van der Waals surface area (Å²) in [5.74, 6) is 0.147. The minimum atomic E-state index is -0.697. The van der Waals surface area contributed by atoms with Crippen molar-refractivity contribution in [1.29, 1.82) is 0 Å². The normalized spacial score (nSPS) is 50.4. The summed E-state index contributed by atoms with van der Waals surface area (Å²) in [6.45, 7) is 20.8. The Hall–Kier alpha value is -1.40. The first kappa shape index (κ1) is 30.6. The molecular formula is C36H56O6. The first-order chi connectivity index (χ1) is 19.4. The second-order valence-corrected chi connectivity index (χ2v) is 17.4. The molecule has 0 amide bonds. The number of allylic oxidation sites excluding steroid dienone is 2. The van der Waals surface area contributed by atoms with Crippen LogP contribution in [-0.2, 0) is 28.5 Å². The van der Waals surface area contributed by atoms with Gasteiger partial charge in [0.05, 0.1) is 19.1 Å². The van der Waals surface area contributed by atoms with Crippen molar-refractivity contribution in [2.24, 2.45) is 50.2 Å². The van der Waals surface area contributed by atoms with Crippen LogP contribution in [0.3, 0.4) is 0 Å². The summed E-state index contributed by atoms with van der Waals surface area (Å²) in [4.78, 5) is 26.0. The van der Waals surface area contributed by atoms with Crippen molar-refractivity contribution in [3.05, 3.63) is 11.6 Å². The number of hydrogen-bond acceptors (Lipinski definition) is 6. The Morgan fingerprint density at radius 3 is 2.24 bits per heavy atom. The lowest BCUT2D eigenvalue weighted by Gasteiger charge is -2.72. The highest BCUT2D eigenvalue weighted by Gasteiger charge is 2.72. The fraction of sp³-hybridized carbons (Fsp3) is 0.889. The van der Waals surface area contributed by atoms with Crippen LogP contribution in [-0.4, -0.2) is 43.7 Å². The van der Waals surface area contributed by atoms with E-state index in [0.717, 1.165) is 57.8 Å². The van der Waals surface area contributed by atoms with Crippen LogP contribution in [0, 0.1) is 50.2 Å². The van der Waals surface area contributed by atoms with Crippen molar-refractivity contribution >= 4 is 11.9 Å². The van der Waals surface area contributed by atoms with Crippen LogP contribution in [0.5, 0.6) is 0 Å². The molecule has 6 aliphatic rings. The highest BCUT2D eigenvalue weighted by atomic mass is 16.7. The largest absolute Gasteiger partial charge is 0.469 e. The topological polar surface area (TPSA) is 71.1 Å². The van der Waals surface area contributed by atoms with Crippen molar-refractivity contribution < 1.29 is 28.5 Å². The minimum absolute atomic E-state index is 0.00425. The molecule has 0 aromatic heterocycles. The van der Waals surface area contributed by atoms with Crippen LogP contribution in [0.2, 0.25) is 0 Å². The number of hydrogen-bond donors (Lipinski definition) is 0. The van der Waals surface area contributed by atoms with Crippen molar-refractivity contribution in [3.8, 4) is 0 Å². The third-order valence-corrected chi connectivity index (χ3v) is 14.4. The minimum Gasteiger partial charge on any atom is -0.469 e. The van der Waals surface area contributed by atoms with Gasteiger partial charge in [0.15, 0.2) is 5.79 Å². The van der Waals surface area contributed by atoms with Gasteiger partial charge in [0.25, 0.3) is 0 Å². The van der Waals surface area contributed by atoms with Gasteiger partial charge in [0.1, 0.15) is 12.2 Å². The van der Waals surface area contributed by atoms with E-state index in [1.807, 2.05) is 13.8 Å². The molecular weight excluding hydrogens is 528 g/mol. The summed E-state index contributed by atoms with van der Waals surface area (Å²) in [7, 11) is 1.58. The Labute approximate surface area is 254 Å². The second kappa shape index (κ2) is 9.31. The lowest BCUT2D eigenvalue weighted by atomic mass is 9.33. The molecule has 6 heteroatoms. The molecule has 0 aromatic rings. The van der Waals surface area contributed by atoms with Crippen LogP contribution in [0.15, 0.2) is 11.6 Å². The van der Waals surface area contributed by atoms with E-state index in [2.05, 4.69) is 47.6 Å². The molecule has 6 rings (SSSR count). The SMILES string of the molecule is COC(=O)[C@]12CCC(C)(C)C[C@H]1C1=CC[C@@H]3[C@@]4(C)CC(OC(C)=O)C5OC(C)(C)OC[C@@]5(C)[C@@H]4CC[C@@]3(C)[C@]1(C)CC2. The van der Waals surface area contributed by atoms with E-state index in [1.165, 1.54) is 12.5 Å². The second-order valence-electron chi connectivity index (χ2n) is 17.4. The summed E-state index contributed by atoms with van der Waals surface area (Å²) in [6, 6.07) is 0. The summed E-state index contributed by atoms with van der Waals surface area (Å²) >= 11 is 0. The standard InChI is InChI=1S/C36H56O6/c1-22(37)41-25-20-32(6)26(33(7)21-40-31(4,5)42-28(25)33)13-14-35(9)27(32)12-11-23-24-19-30(2,3)15-17-36(24,29(38)39-10)18-16-34(23,35)8/h11,24-28H,12-21H2,1-10H3/t24-,25?,26+,27+,28?,32-,33-,34+,35+,36-/m0/s1. The average Bonchev–Trinajstić information content (AvgIpc) is 2.89. The maximum absolute atomic E-state index is 13.5. The van der Waals surface area contributed by atoms with Gasteiger partial charge in [0.2, 0.25) is 0 Å². The molecule has 5 aliphatic carbocycles. The number of methoxy groups -OCH3 is 1. The number of carbonyl (C=O) groups is 2. The molecule has 2 unspecified atom stereocenters. The Morgan fingerprint density at radius 1 is 0.881 bits per heavy atom. The fourth-order valence-corrected chi connectivity index (χ4v) is 12.1. The summed E-state index contributed by atoms with van der Waals surface area (Å²) in [5, 5.41) is 0. The van der Waals surface area contributed by atoms with Gasteiger partial charge in [-0.05, 0) is 111 Å². The predicted molar refractivity (Wildman–Crippen MR) is 161 cm³/mol. The smallest absolute Gasteiger partial charge is 0.312 e. The Morgan fingerprint density at radius 2 is 1.57 bits per heavy atom. The lowest BCUT2D eigenvalue weighted by Crippen LogP contribution is -2.71. The maximum atomic E-state index is 13.5. The maximum Gasteiger partial charge on any atom is 0.312 e. The van der Waals surface area contributed by atoms with Gasteiger partial charge in [-0.1, -0.05) is 53.2 Å². The molecule has 0 spiro atoms. The van der Waals surface area contributed by atoms with E-state index in [4.69, 9.17) is 18.9 Å². The molecule has 4 saturated carbocycles. The van der Waals surface area contributed by atoms with Crippen molar-refractivity contribution in [2.45, 2.75) is 138 Å². The van der Waals surface area contributed by atoms with Gasteiger partial charge < -0.3 is 18.9 Å². The van der Waals surface area contributed by atoms with E-state index in [9.17, 15) is 9.59 Å². The van der Waals surface area contributed by atoms with Gasteiger partial charge in [-0.3, -0.25) is 9.59 Å². The highest BCUT2D eigenvalue weighted by molar-refractivity contribution is 5.78. The average molecular weight is 585 g/mol. The first-order valence-corrected chi connectivity index (χ1v) is 16.7. The molecule has 0 radical (unpaired) electrons. The van der Waals surface area contributed by atoms with Crippen LogP contribution in [0.1, 0.15) is 120 Å². The van der Waals surface area contributed by atoms with E-state index in [1.54, 1.807) is 7.11 Å². The van der Waals surface area contributed by atoms with E-state index in [0.29, 0.717) is 18.4 Å². The van der Waals surface area contributed by atoms with Gasteiger partial charge >= 0.3 is 11.9 Å². The van der Waals surface area contributed by atoms with Gasteiger partial charge in [0, 0.05) is 12.3 Å². The Kier molecular flexibility index (Phi) is 6.79. The van der Waals surface area contributed by atoms with Crippen LogP contribution >= 0.6 is 0 Å². The van der Waals surface area contributed by atoms with Crippen LogP contribution < -0.4 is 0 Å². The van der Waals surface area contributed by atoms with Crippen molar-refractivity contribution in [3.63, 3.8) is 0 Å². The highest BCUT2D eigenvalue weighted by Crippen LogP contribution is 2.76. The first-order valence-electron chi connectivity index (χ1n) is 16.7. The fourth-order valence-electron chi connectivity index (χ4n) is 12.1. The molecule has 0 aromatic carbocycles. The summed E-state index contributed by atoms with van der Waals surface area (Å²) < 4.78 is 24.7. The molecule has 42 heavy (non-hydrogen) atoms. The predicted octanol–water partition coefficient (Wildman–Crippen LogP) is 7.63. The van der Waals surface area contributed by atoms with Crippen LogP contribution in [0.4, 0.5) is 0 Å². The molecule has 0 bridgehead atoms. The molecule has 10 atom stereocenters. The zero-order chi connectivity index (χ0) is 30.7. The number of esters is 2. The van der Waals surface area contributed by atoms with Gasteiger partial charge in [-0.2, -0.15) is 0 Å². The molecule has 1 saturated heterocycles. The van der Waals surface area contributed by atoms with Gasteiger partial charge in [-0.15, -0.1) is 0 Å². The van der Waals surface area contributed by atoms with Crippen LogP contribution in [0.25, 0.3) is 0 Å². The number of rotatable bonds is 2. The van der Waals surface area contributed by atoms with Crippen molar-refractivity contribution in [2.75, 3.05) is 13.7 Å². The quantitative estimate of drug-likeness (QED) is 0.245. The third kappa shape index (κ3) is 4.01. The van der Waals surface area contributed by atoms with E-state index in [-0.39, 0.29) is 57.1 Å². The van der Waals surface area contributed by atoms with E-state index >= 15 is 0 Å². The number of fused-ring (bicyclic) bond motifs is 9. The van der Waals surface area contributed by atoms with Gasteiger partial charge in [-0.25, -0.2) is 0 Å². The zero-order valence-corrected chi connectivity index (χ0v) is 28.0. The molecule has 5 fully saturated rings. The number of ether oxygens (including phenoxy) is 4. The summed E-state index contributed by atoms with van der Waals surface area (Å²) in [6.07, 6.45) is 11.1. The lowest BCUT2D eigenvalue weighted by molar-refractivity contribution is -0.369. The van der Waals surface area contributed by atoms with Crippen molar-refractivity contribution in [1.82, 2.24) is 0 Å². The Balaban J connectivity index is 1.43. The molecule has 6 nitrogen and oxygen atoms in total.